The molecule has 3 rings (SSSR count). The molecule has 1 aromatic carbocycles. The van der Waals surface area contributed by atoms with Crippen LogP contribution in [0.2, 0.25) is 0 Å². The summed E-state index contributed by atoms with van der Waals surface area (Å²) < 4.78 is 15.2. The maximum Gasteiger partial charge on any atom is 0.308 e. The molecule has 0 spiro atoms. The third-order valence-electron chi connectivity index (χ3n) is 4.29. The molecule has 2 heterocycles. The number of hydrogen-bond acceptors (Lipinski definition) is 7. The Morgan fingerprint density at radius 2 is 1.93 bits per heavy atom. The first kappa shape index (κ1) is 19.4. The van der Waals surface area contributed by atoms with Gasteiger partial charge >= 0.3 is 5.97 Å². The molecule has 1 atom stereocenters. The quantitative estimate of drug-likeness (QED) is 0.443. The van der Waals surface area contributed by atoms with Gasteiger partial charge in [0.25, 0.3) is 5.91 Å². The largest absolute Gasteiger partial charge is 0.503 e. The molecule has 0 saturated carbocycles. The smallest absolute Gasteiger partial charge is 0.308 e. The van der Waals surface area contributed by atoms with Crippen molar-refractivity contribution in [3.63, 3.8) is 0 Å². The van der Waals surface area contributed by atoms with Crippen LogP contribution in [-0.2, 0) is 14.3 Å². The van der Waals surface area contributed by atoms with Gasteiger partial charge in [0.1, 0.15) is 5.75 Å². The number of aliphatic hydroxyl groups is 1. The molecule has 1 aromatic heterocycles. The van der Waals surface area contributed by atoms with Crippen LogP contribution in [0.3, 0.4) is 0 Å². The highest BCUT2D eigenvalue weighted by Crippen LogP contribution is 2.39. The van der Waals surface area contributed by atoms with Crippen molar-refractivity contribution in [2.75, 3.05) is 20.3 Å². The lowest BCUT2D eigenvalue weighted by atomic mass is 9.95. The number of hydrogen-bond donors (Lipinski definition) is 1. The number of carbonyl (C=O) groups excluding carboxylic acids is 3. The Hall–Kier alpha value is -3.39. The van der Waals surface area contributed by atoms with E-state index in [9.17, 15) is 19.5 Å². The van der Waals surface area contributed by atoms with Crippen LogP contribution in [0.25, 0.3) is 0 Å². The summed E-state index contributed by atoms with van der Waals surface area (Å²) in [5, 5.41) is 10.4. The van der Waals surface area contributed by atoms with Crippen LogP contribution in [-0.4, -0.2) is 47.9 Å². The fourth-order valence-corrected chi connectivity index (χ4v) is 3.08. The number of ether oxygens (including phenoxy) is 2. The van der Waals surface area contributed by atoms with E-state index in [1.54, 1.807) is 30.3 Å². The van der Waals surface area contributed by atoms with Crippen molar-refractivity contribution in [3.05, 3.63) is 65.3 Å². The summed E-state index contributed by atoms with van der Waals surface area (Å²) in [7, 11) is 1.49. The standard InChI is InChI=1S/C20H19NO7/c1-12(22)28-14-7-5-13(6-8-14)17-16(18(23)15-4-3-10-27-15)19(24)20(25)21(17)9-11-26-2/h3-8,10,17,24H,9,11H2,1-2H3. The van der Waals surface area contributed by atoms with E-state index in [1.165, 1.54) is 31.3 Å². The van der Waals surface area contributed by atoms with Gasteiger partial charge in [-0.1, -0.05) is 12.1 Å². The average Bonchev–Trinajstić information content (AvgIpc) is 3.28. The monoisotopic (exact) mass is 385 g/mol. The number of amides is 1. The SMILES string of the molecule is COCCN1C(=O)C(O)=C(C(=O)c2ccco2)C1c1ccc(OC(C)=O)cc1. The zero-order valence-electron chi connectivity index (χ0n) is 15.4. The maximum atomic E-state index is 12.9. The van der Waals surface area contributed by atoms with Gasteiger partial charge in [-0.25, -0.2) is 0 Å². The second-order valence-electron chi connectivity index (χ2n) is 6.13. The van der Waals surface area contributed by atoms with Crippen molar-refractivity contribution < 1.29 is 33.4 Å². The Morgan fingerprint density at radius 1 is 1.21 bits per heavy atom. The highest BCUT2D eigenvalue weighted by atomic mass is 16.5. The highest BCUT2D eigenvalue weighted by molar-refractivity contribution is 6.15. The second kappa shape index (κ2) is 8.10. The van der Waals surface area contributed by atoms with E-state index in [2.05, 4.69) is 0 Å². The summed E-state index contributed by atoms with van der Waals surface area (Å²) in [6.45, 7) is 1.69. The van der Waals surface area contributed by atoms with Crippen LogP contribution in [0.15, 0.2) is 58.4 Å². The van der Waals surface area contributed by atoms with Gasteiger partial charge < -0.3 is 23.9 Å². The number of esters is 1. The number of rotatable bonds is 7. The van der Waals surface area contributed by atoms with E-state index in [4.69, 9.17) is 13.9 Å². The molecule has 8 nitrogen and oxygen atoms in total. The molecule has 0 bridgehead atoms. The van der Waals surface area contributed by atoms with Gasteiger partial charge in [-0.3, -0.25) is 14.4 Å². The van der Waals surface area contributed by atoms with E-state index in [0.717, 1.165) is 0 Å². The minimum Gasteiger partial charge on any atom is -0.503 e. The van der Waals surface area contributed by atoms with E-state index in [1.807, 2.05) is 0 Å². The molecule has 1 amide bonds. The molecule has 1 aliphatic heterocycles. The Morgan fingerprint density at radius 3 is 2.50 bits per heavy atom. The van der Waals surface area contributed by atoms with E-state index < -0.39 is 29.5 Å². The molecule has 1 N–H and O–H groups in total. The third kappa shape index (κ3) is 3.67. The average molecular weight is 385 g/mol. The third-order valence-corrected chi connectivity index (χ3v) is 4.29. The Bertz CT molecular complexity index is 913. The molecular formula is C20H19NO7. The fourth-order valence-electron chi connectivity index (χ4n) is 3.08. The van der Waals surface area contributed by atoms with Crippen molar-refractivity contribution >= 4 is 17.7 Å². The molecule has 0 aliphatic carbocycles. The van der Waals surface area contributed by atoms with Crippen LogP contribution in [0, 0.1) is 0 Å². The number of methoxy groups -OCH3 is 1. The molecule has 0 fully saturated rings. The molecule has 1 aliphatic rings. The summed E-state index contributed by atoms with van der Waals surface area (Å²) in [6, 6.07) is 8.55. The molecule has 8 heteroatoms. The zero-order chi connectivity index (χ0) is 20.3. The molecule has 0 saturated heterocycles. The minimum atomic E-state index is -0.827. The fraction of sp³-hybridized carbons (Fsp3) is 0.250. The highest BCUT2D eigenvalue weighted by Gasteiger charge is 2.44. The minimum absolute atomic E-state index is 0.0180. The number of carbonyl (C=O) groups is 3. The summed E-state index contributed by atoms with van der Waals surface area (Å²) >= 11 is 0. The second-order valence-corrected chi connectivity index (χ2v) is 6.13. The predicted octanol–water partition coefficient (Wildman–Crippen LogP) is 2.43. The lowest BCUT2D eigenvalue weighted by Crippen LogP contribution is -2.34. The summed E-state index contributed by atoms with van der Waals surface area (Å²) in [5.74, 6) is -1.98. The predicted molar refractivity (Wildman–Crippen MR) is 96.8 cm³/mol. The molecule has 0 radical (unpaired) electrons. The number of ketones is 1. The summed E-state index contributed by atoms with van der Waals surface area (Å²) in [4.78, 5) is 37.9. The number of furan rings is 1. The Balaban J connectivity index is 2.01. The van der Waals surface area contributed by atoms with E-state index >= 15 is 0 Å². The van der Waals surface area contributed by atoms with Gasteiger partial charge in [-0.15, -0.1) is 0 Å². The van der Waals surface area contributed by atoms with Crippen LogP contribution in [0.4, 0.5) is 0 Å². The summed E-state index contributed by atoms with van der Waals surface area (Å²) in [5.41, 5.74) is 0.496. The normalized spacial score (nSPS) is 16.6. The Labute approximate surface area is 161 Å². The number of nitrogens with zero attached hydrogens (tertiary/aromatic N) is 1. The number of Topliss-reactive ketones (excluding diaryl/α,β-unsaturated/α-hetero) is 1. The molecule has 1 unspecified atom stereocenters. The van der Waals surface area contributed by atoms with Gasteiger partial charge in [0.2, 0.25) is 5.78 Å². The van der Waals surface area contributed by atoms with Gasteiger partial charge in [-0.05, 0) is 29.8 Å². The Kier molecular flexibility index (Phi) is 5.60. The molecular weight excluding hydrogens is 366 g/mol. The van der Waals surface area contributed by atoms with Gasteiger partial charge in [0.15, 0.2) is 11.5 Å². The molecule has 2 aromatic rings. The zero-order valence-corrected chi connectivity index (χ0v) is 15.4. The van der Waals surface area contributed by atoms with Gasteiger partial charge in [0, 0.05) is 20.6 Å². The number of benzene rings is 1. The first-order chi connectivity index (χ1) is 13.4. The lowest BCUT2D eigenvalue weighted by molar-refractivity contribution is -0.132. The summed E-state index contributed by atoms with van der Waals surface area (Å²) in [6.07, 6.45) is 1.34. The first-order valence-electron chi connectivity index (χ1n) is 8.53. The van der Waals surface area contributed by atoms with Crippen molar-refractivity contribution in [2.24, 2.45) is 0 Å². The number of aliphatic hydroxyl groups excluding tert-OH is 1. The van der Waals surface area contributed by atoms with Crippen molar-refractivity contribution in [2.45, 2.75) is 13.0 Å². The van der Waals surface area contributed by atoms with Crippen LogP contribution < -0.4 is 4.74 Å². The van der Waals surface area contributed by atoms with E-state index in [0.29, 0.717) is 11.3 Å². The topological polar surface area (TPSA) is 106 Å². The lowest BCUT2D eigenvalue weighted by Gasteiger charge is -2.26. The van der Waals surface area contributed by atoms with Crippen LogP contribution in [0.1, 0.15) is 29.1 Å². The van der Waals surface area contributed by atoms with Crippen molar-refractivity contribution in [3.8, 4) is 5.75 Å². The molecule has 146 valence electrons. The van der Waals surface area contributed by atoms with Crippen molar-refractivity contribution in [1.29, 1.82) is 0 Å². The van der Waals surface area contributed by atoms with Gasteiger partial charge in [0.05, 0.1) is 24.5 Å². The van der Waals surface area contributed by atoms with Crippen LogP contribution in [0.5, 0.6) is 5.75 Å². The first-order valence-corrected chi connectivity index (χ1v) is 8.53. The molecule has 28 heavy (non-hydrogen) atoms. The maximum absolute atomic E-state index is 12.9. The van der Waals surface area contributed by atoms with Crippen molar-refractivity contribution in [1.82, 2.24) is 4.90 Å². The van der Waals surface area contributed by atoms with Gasteiger partial charge in [-0.2, -0.15) is 0 Å². The van der Waals surface area contributed by atoms with E-state index in [-0.39, 0.29) is 24.5 Å². The van der Waals surface area contributed by atoms with Crippen LogP contribution >= 0.6 is 0 Å².